The predicted molar refractivity (Wildman–Crippen MR) is 90.1 cm³/mol. The van der Waals surface area contributed by atoms with E-state index < -0.39 is 24.1 Å². The van der Waals surface area contributed by atoms with Gasteiger partial charge in [-0.15, -0.1) is 5.10 Å². The van der Waals surface area contributed by atoms with Crippen molar-refractivity contribution >= 4 is 21.9 Å². The van der Waals surface area contributed by atoms with Crippen molar-refractivity contribution < 1.29 is 18.3 Å². The van der Waals surface area contributed by atoms with Crippen molar-refractivity contribution in [3.8, 4) is 11.5 Å². The summed E-state index contributed by atoms with van der Waals surface area (Å²) >= 11 is 3.15. The Kier molecular flexibility index (Phi) is 5.08. The average Bonchev–Trinajstić information content (AvgIpc) is 2.95. The Morgan fingerprint density at radius 2 is 2.00 bits per heavy atom. The third-order valence-electron chi connectivity index (χ3n) is 3.31. The van der Waals surface area contributed by atoms with E-state index in [1.165, 1.54) is 12.1 Å². The van der Waals surface area contributed by atoms with E-state index in [2.05, 4.69) is 21.0 Å². The lowest BCUT2D eigenvalue weighted by molar-refractivity contribution is -0.146. The van der Waals surface area contributed by atoms with Crippen LogP contribution in [-0.2, 0) is 22.7 Å². The van der Waals surface area contributed by atoms with Gasteiger partial charge in [-0.3, -0.25) is 4.79 Å². The number of nitrogens with zero attached hydrogens (tertiary/aromatic N) is 2. The summed E-state index contributed by atoms with van der Waals surface area (Å²) in [6.45, 7) is -0.663. The Hall–Kier alpha value is -2.74. The van der Waals surface area contributed by atoms with Gasteiger partial charge in [0.25, 0.3) is 0 Å². The summed E-state index contributed by atoms with van der Waals surface area (Å²) < 4.78 is 25.1. The lowest BCUT2D eigenvalue weighted by Crippen LogP contribution is -2.23. The van der Waals surface area contributed by atoms with Crippen molar-refractivity contribution in [3.05, 3.63) is 74.9 Å². The van der Waals surface area contributed by atoms with E-state index in [1.54, 1.807) is 30.3 Å². The smallest absolute Gasteiger partial charge is 0.437 e. The highest BCUT2D eigenvalue weighted by atomic mass is 79.9. The summed E-state index contributed by atoms with van der Waals surface area (Å²) in [5, 5.41) is 3.96. The summed E-state index contributed by atoms with van der Waals surface area (Å²) in [6, 6.07) is 13.2. The van der Waals surface area contributed by atoms with Gasteiger partial charge in [-0.05, 0) is 24.3 Å². The highest BCUT2D eigenvalue weighted by Crippen LogP contribution is 2.16. The molecule has 0 spiro atoms. The van der Waals surface area contributed by atoms with Crippen LogP contribution in [0.2, 0.25) is 0 Å². The van der Waals surface area contributed by atoms with Crippen LogP contribution in [0.5, 0.6) is 0 Å². The van der Waals surface area contributed by atoms with Crippen molar-refractivity contribution in [3.63, 3.8) is 0 Å². The van der Waals surface area contributed by atoms with Crippen LogP contribution in [-0.4, -0.2) is 15.7 Å². The Morgan fingerprint density at radius 3 is 2.72 bits per heavy atom. The first-order valence-corrected chi connectivity index (χ1v) is 8.05. The highest BCUT2D eigenvalue weighted by Gasteiger charge is 2.14. The number of aromatic nitrogens is 2. The van der Waals surface area contributed by atoms with E-state index in [0.717, 1.165) is 4.68 Å². The van der Waals surface area contributed by atoms with Gasteiger partial charge in [-0.2, -0.15) is 4.68 Å². The number of halogens is 2. The van der Waals surface area contributed by atoms with Gasteiger partial charge in [-0.1, -0.05) is 40.2 Å². The van der Waals surface area contributed by atoms with Gasteiger partial charge in [0.2, 0.25) is 5.89 Å². The molecule has 0 saturated heterocycles. The maximum atomic E-state index is 13.7. The molecule has 0 fully saturated rings. The van der Waals surface area contributed by atoms with Crippen molar-refractivity contribution in [2.45, 2.75) is 13.2 Å². The zero-order valence-corrected chi connectivity index (χ0v) is 14.4. The number of hydrogen-bond donors (Lipinski definition) is 0. The summed E-state index contributed by atoms with van der Waals surface area (Å²) in [7, 11) is 0. The third kappa shape index (κ3) is 4.21. The molecule has 0 amide bonds. The number of ether oxygens (including phenoxy) is 1. The van der Waals surface area contributed by atoms with Crippen LogP contribution in [0.25, 0.3) is 11.5 Å². The van der Waals surface area contributed by atoms with Crippen LogP contribution in [0.3, 0.4) is 0 Å². The molecule has 0 aliphatic rings. The summed E-state index contributed by atoms with van der Waals surface area (Å²) in [5.74, 6) is -1.88. The van der Waals surface area contributed by atoms with Crippen molar-refractivity contribution in [1.29, 1.82) is 0 Å². The Morgan fingerprint density at radius 1 is 1.24 bits per heavy atom. The van der Waals surface area contributed by atoms with Crippen molar-refractivity contribution in [2.75, 3.05) is 0 Å². The van der Waals surface area contributed by atoms with E-state index in [9.17, 15) is 14.0 Å². The third-order valence-corrected chi connectivity index (χ3v) is 3.80. The largest absolute Gasteiger partial charge is 0.459 e. The van der Waals surface area contributed by atoms with Crippen LogP contribution in [0.15, 0.2) is 62.2 Å². The Balaban J connectivity index is 1.65. The second-order valence-corrected chi connectivity index (χ2v) is 6.01. The molecule has 0 unspecified atom stereocenters. The normalized spacial score (nSPS) is 10.6. The van der Waals surface area contributed by atoms with E-state index in [0.29, 0.717) is 10.0 Å². The number of rotatable bonds is 5. The van der Waals surface area contributed by atoms with Gasteiger partial charge in [-0.25, -0.2) is 9.18 Å². The van der Waals surface area contributed by atoms with Gasteiger partial charge in [0, 0.05) is 15.6 Å². The molecule has 1 aromatic heterocycles. The summed E-state index contributed by atoms with van der Waals surface area (Å²) in [5.41, 5.74) is 0.845. The number of carbonyl (C=O) groups is 1. The van der Waals surface area contributed by atoms with E-state index >= 15 is 0 Å². The first-order valence-electron chi connectivity index (χ1n) is 7.26. The molecule has 128 valence electrons. The molecule has 0 atom stereocenters. The zero-order chi connectivity index (χ0) is 17.8. The summed E-state index contributed by atoms with van der Waals surface area (Å²) in [6.07, 6.45) is 0. The fourth-order valence-corrected chi connectivity index (χ4v) is 2.40. The molecule has 25 heavy (non-hydrogen) atoms. The molecule has 3 aromatic rings. The molecule has 0 bridgehead atoms. The standard InChI is InChI=1S/C17H12BrFN2O4/c18-13-7-6-12(14(19)8-13)10-24-15(22)9-21-17(23)25-16(20-21)11-4-2-1-3-5-11/h1-8H,9-10H2. The highest BCUT2D eigenvalue weighted by molar-refractivity contribution is 9.10. The maximum Gasteiger partial charge on any atom is 0.437 e. The second-order valence-electron chi connectivity index (χ2n) is 5.09. The van der Waals surface area contributed by atoms with E-state index in [1.807, 2.05) is 6.07 Å². The van der Waals surface area contributed by atoms with Crippen LogP contribution in [0, 0.1) is 5.82 Å². The lowest BCUT2D eigenvalue weighted by atomic mass is 10.2. The molecule has 0 N–H and O–H groups in total. The quantitative estimate of drug-likeness (QED) is 0.608. The van der Waals surface area contributed by atoms with Gasteiger partial charge in [0.05, 0.1) is 0 Å². The molecule has 1 heterocycles. The van der Waals surface area contributed by atoms with Gasteiger partial charge >= 0.3 is 11.7 Å². The molecule has 0 radical (unpaired) electrons. The molecule has 0 aliphatic carbocycles. The zero-order valence-electron chi connectivity index (χ0n) is 12.8. The number of hydrogen-bond acceptors (Lipinski definition) is 5. The molecule has 2 aromatic carbocycles. The average molecular weight is 407 g/mol. The minimum Gasteiger partial charge on any atom is -0.459 e. The Labute approximate surface area is 150 Å². The van der Waals surface area contributed by atoms with Gasteiger partial charge in [0.15, 0.2) is 0 Å². The molecule has 0 saturated carbocycles. The summed E-state index contributed by atoms with van der Waals surface area (Å²) in [4.78, 5) is 23.6. The fraction of sp³-hybridized carbons (Fsp3) is 0.118. The molecular weight excluding hydrogens is 395 g/mol. The van der Waals surface area contributed by atoms with Crippen LogP contribution < -0.4 is 5.76 Å². The second kappa shape index (κ2) is 7.43. The predicted octanol–water partition coefficient (Wildman–Crippen LogP) is 3.15. The molecule has 8 heteroatoms. The molecule has 3 rings (SSSR count). The molecular formula is C17H12BrFN2O4. The topological polar surface area (TPSA) is 74.3 Å². The van der Waals surface area contributed by atoms with Crippen molar-refractivity contribution in [2.24, 2.45) is 0 Å². The van der Waals surface area contributed by atoms with Crippen LogP contribution in [0.4, 0.5) is 4.39 Å². The first-order chi connectivity index (χ1) is 12.0. The monoisotopic (exact) mass is 406 g/mol. The fourth-order valence-electron chi connectivity index (χ4n) is 2.07. The van der Waals surface area contributed by atoms with Crippen LogP contribution in [0.1, 0.15) is 5.56 Å². The molecule has 0 aliphatic heterocycles. The first kappa shape index (κ1) is 17.1. The number of esters is 1. The maximum absolute atomic E-state index is 13.7. The van der Waals surface area contributed by atoms with Gasteiger partial charge in [0.1, 0.15) is 19.0 Å². The minimum atomic E-state index is -0.773. The van der Waals surface area contributed by atoms with Gasteiger partial charge < -0.3 is 9.15 Å². The van der Waals surface area contributed by atoms with Crippen molar-refractivity contribution in [1.82, 2.24) is 9.78 Å². The number of carbonyl (C=O) groups excluding carboxylic acids is 1. The van der Waals surface area contributed by atoms with E-state index in [-0.39, 0.29) is 18.1 Å². The SMILES string of the molecule is O=C(Cn1nc(-c2ccccc2)oc1=O)OCc1ccc(Br)cc1F. The Bertz CT molecular complexity index is 953. The molecule has 6 nitrogen and oxygen atoms in total. The van der Waals surface area contributed by atoms with E-state index in [4.69, 9.17) is 9.15 Å². The number of benzene rings is 2. The van der Waals surface area contributed by atoms with Crippen LogP contribution >= 0.6 is 15.9 Å². The lowest BCUT2D eigenvalue weighted by Gasteiger charge is -2.05. The minimum absolute atomic E-state index is 0.109.